The number of hydrogen-bond donors (Lipinski definition) is 2. The maximum absolute atomic E-state index is 12.7. The highest BCUT2D eigenvalue weighted by atomic mass is 32.2. The van der Waals surface area contributed by atoms with Crippen molar-refractivity contribution in [3.63, 3.8) is 0 Å². The Labute approximate surface area is 219 Å². The van der Waals surface area contributed by atoms with Crippen LogP contribution < -0.4 is 15.4 Å². The van der Waals surface area contributed by atoms with Gasteiger partial charge in [0.05, 0.1) is 12.9 Å². The Balaban J connectivity index is 1.19. The number of fused-ring (bicyclic) bond motifs is 3. The first-order chi connectivity index (χ1) is 18.1. The number of carbonyl (C=O) groups excluding carboxylic acids is 2. The fourth-order valence-corrected chi connectivity index (χ4v) is 5.12. The lowest BCUT2D eigenvalue weighted by atomic mass is 10.1. The molecule has 1 heterocycles. The number of rotatable bonds is 8. The molecule has 0 spiro atoms. The van der Waals surface area contributed by atoms with Crippen molar-refractivity contribution in [1.82, 2.24) is 4.57 Å². The maximum Gasteiger partial charge on any atom is 0.255 e. The molecule has 0 fully saturated rings. The quantitative estimate of drug-likeness (QED) is 0.226. The molecule has 0 saturated carbocycles. The summed E-state index contributed by atoms with van der Waals surface area (Å²) in [5.41, 5.74) is 4.35. The largest absolute Gasteiger partial charge is 0.497 e. The lowest BCUT2D eigenvalue weighted by Crippen LogP contribution is -2.14. The van der Waals surface area contributed by atoms with Gasteiger partial charge in [0.2, 0.25) is 5.91 Å². The lowest BCUT2D eigenvalue weighted by Gasteiger charge is -2.08. The normalized spacial score (nSPS) is 11.0. The number of nitrogens with zero attached hydrogens (tertiary/aromatic N) is 1. The Morgan fingerprint density at radius 2 is 1.57 bits per heavy atom. The number of nitrogens with one attached hydrogen (secondary N) is 2. The summed E-state index contributed by atoms with van der Waals surface area (Å²) in [5.74, 6) is 0.631. The van der Waals surface area contributed by atoms with Gasteiger partial charge < -0.3 is 19.9 Å². The minimum atomic E-state index is -0.210. The van der Waals surface area contributed by atoms with Crippen LogP contribution in [0.5, 0.6) is 5.75 Å². The van der Waals surface area contributed by atoms with Gasteiger partial charge in [0.15, 0.2) is 0 Å². The van der Waals surface area contributed by atoms with Gasteiger partial charge in [-0.15, -0.1) is 11.8 Å². The smallest absolute Gasteiger partial charge is 0.255 e. The van der Waals surface area contributed by atoms with Crippen LogP contribution in [-0.4, -0.2) is 29.2 Å². The number of anilines is 2. The molecule has 0 unspecified atom stereocenters. The van der Waals surface area contributed by atoms with Crippen LogP contribution >= 0.6 is 11.8 Å². The molecule has 0 atom stereocenters. The SMILES string of the molecule is CCn1c2ccccc2c2cc(NC(=O)CSc3ccc(NC(=O)c4cccc(OC)c4)cc3)ccc21. The van der Waals surface area contributed by atoms with E-state index < -0.39 is 0 Å². The third-order valence-corrected chi connectivity index (χ3v) is 7.20. The Morgan fingerprint density at radius 3 is 2.35 bits per heavy atom. The molecule has 7 heteroatoms. The van der Waals surface area contributed by atoms with Crippen LogP contribution in [0.2, 0.25) is 0 Å². The predicted octanol–water partition coefficient (Wildman–Crippen LogP) is 6.81. The molecule has 0 aliphatic rings. The van der Waals surface area contributed by atoms with E-state index in [1.165, 1.54) is 22.7 Å². The average molecular weight is 510 g/mol. The fourth-order valence-electron chi connectivity index (χ4n) is 4.42. The van der Waals surface area contributed by atoms with E-state index in [2.05, 4.69) is 46.4 Å². The zero-order chi connectivity index (χ0) is 25.8. The maximum atomic E-state index is 12.7. The summed E-state index contributed by atoms with van der Waals surface area (Å²) >= 11 is 1.45. The summed E-state index contributed by atoms with van der Waals surface area (Å²) < 4.78 is 7.47. The number of para-hydroxylation sites is 1. The molecule has 2 amide bonds. The van der Waals surface area contributed by atoms with E-state index in [4.69, 9.17) is 4.74 Å². The molecule has 5 aromatic rings. The van der Waals surface area contributed by atoms with Crippen LogP contribution in [0.15, 0.2) is 95.9 Å². The number of hydrogen-bond acceptors (Lipinski definition) is 4. The number of ether oxygens (including phenoxy) is 1. The molecule has 0 bridgehead atoms. The van der Waals surface area contributed by atoms with Crippen molar-refractivity contribution in [3.05, 3.63) is 96.6 Å². The van der Waals surface area contributed by atoms with Crippen molar-refractivity contribution in [2.24, 2.45) is 0 Å². The molecule has 0 aliphatic carbocycles. The molecule has 4 aromatic carbocycles. The van der Waals surface area contributed by atoms with Gasteiger partial charge >= 0.3 is 0 Å². The molecular weight excluding hydrogens is 482 g/mol. The van der Waals surface area contributed by atoms with Crippen LogP contribution in [0.4, 0.5) is 11.4 Å². The van der Waals surface area contributed by atoms with Crippen molar-refractivity contribution in [1.29, 1.82) is 0 Å². The van der Waals surface area contributed by atoms with Crippen LogP contribution in [0, 0.1) is 0 Å². The summed E-state index contributed by atoms with van der Waals surface area (Å²) in [6, 6.07) is 28.9. The number of aromatic nitrogens is 1. The number of carbonyl (C=O) groups is 2. The van der Waals surface area contributed by atoms with Crippen LogP contribution in [0.1, 0.15) is 17.3 Å². The van der Waals surface area contributed by atoms with Crippen molar-refractivity contribution >= 4 is 56.8 Å². The van der Waals surface area contributed by atoms with E-state index in [-0.39, 0.29) is 17.6 Å². The molecule has 6 nitrogen and oxygen atoms in total. The Bertz CT molecular complexity index is 1590. The van der Waals surface area contributed by atoms with Gasteiger partial charge in [0, 0.05) is 50.2 Å². The van der Waals surface area contributed by atoms with E-state index >= 15 is 0 Å². The highest BCUT2D eigenvalue weighted by Crippen LogP contribution is 2.31. The average Bonchev–Trinajstić information content (AvgIpc) is 3.25. The summed E-state index contributed by atoms with van der Waals surface area (Å²) in [7, 11) is 1.57. The van der Waals surface area contributed by atoms with E-state index in [0.717, 1.165) is 28.0 Å². The Hall–Kier alpha value is -4.23. The zero-order valence-electron chi connectivity index (χ0n) is 20.7. The Kier molecular flexibility index (Phi) is 7.14. The van der Waals surface area contributed by atoms with Crippen molar-refractivity contribution in [2.75, 3.05) is 23.5 Å². The van der Waals surface area contributed by atoms with E-state index in [9.17, 15) is 9.59 Å². The number of aryl methyl sites for hydroxylation is 1. The molecule has 0 aliphatic heterocycles. The monoisotopic (exact) mass is 509 g/mol. The van der Waals surface area contributed by atoms with Gasteiger partial charge in [0.1, 0.15) is 5.75 Å². The first-order valence-corrected chi connectivity index (χ1v) is 13.0. The molecular formula is C30H27N3O3S. The minimum Gasteiger partial charge on any atom is -0.497 e. The van der Waals surface area contributed by atoms with Gasteiger partial charge in [-0.1, -0.05) is 24.3 Å². The number of thioether (sulfide) groups is 1. The van der Waals surface area contributed by atoms with Gasteiger partial charge in [-0.25, -0.2) is 0 Å². The van der Waals surface area contributed by atoms with Gasteiger partial charge in [-0.05, 0) is 73.7 Å². The predicted molar refractivity (Wildman–Crippen MR) is 152 cm³/mol. The van der Waals surface area contributed by atoms with E-state index in [1.807, 2.05) is 42.5 Å². The zero-order valence-corrected chi connectivity index (χ0v) is 21.5. The summed E-state index contributed by atoms with van der Waals surface area (Å²) in [4.78, 5) is 26.1. The topological polar surface area (TPSA) is 72.4 Å². The summed E-state index contributed by atoms with van der Waals surface area (Å²) in [6.45, 7) is 3.02. The highest BCUT2D eigenvalue weighted by molar-refractivity contribution is 8.00. The standard InChI is InChI=1S/C30H27N3O3S/c1-3-33-27-10-5-4-9-25(27)26-18-22(13-16-28(26)33)31-29(34)19-37-24-14-11-21(12-15-24)32-30(35)20-7-6-8-23(17-20)36-2/h4-18H,3,19H2,1-2H3,(H,31,34)(H,32,35). The number of amides is 2. The first-order valence-electron chi connectivity index (χ1n) is 12.0. The highest BCUT2D eigenvalue weighted by Gasteiger charge is 2.12. The van der Waals surface area contributed by atoms with Crippen molar-refractivity contribution in [2.45, 2.75) is 18.4 Å². The van der Waals surface area contributed by atoms with Crippen LogP contribution in [0.3, 0.4) is 0 Å². The molecule has 0 radical (unpaired) electrons. The Morgan fingerprint density at radius 1 is 0.811 bits per heavy atom. The van der Waals surface area contributed by atoms with Gasteiger partial charge in [-0.3, -0.25) is 9.59 Å². The van der Waals surface area contributed by atoms with E-state index in [1.54, 1.807) is 31.4 Å². The first kappa shape index (κ1) is 24.5. The number of methoxy groups -OCH3 is 1. The summed E-state index contributed by atoms with van der Waals surface area (Å²) in [5, 5.41) is 8.23. The van der Waals surface area contributed by atoms with Crippen LogP contribution in [-0.2, 0) is 11.3 Å². The molecule has 2 N–H and O–H groups in total. The molecule has 37 heavy (non-hydrogen) atoms. The second-order valence-corrected chi connectivity index (χ2v) is 9.59. The van der Waals surface area contributed by atoms with Crippen molar-refractivity contribution in [3.8, 4) is 5.75 Å². The molecule has 1 aromatic heterocycles. The third kappa shape index (κ3) is 5.32. The van der Waals surface area contributed by atoms with E-state index in [0.29, 0.717) is 17.0 Å². The number of benzene rings is 4. The van der Waals surface area contributed by atoms with Gasteiger partial charge in [0.25, 0.3) is 5.91 Å². The molecule has 0 saturated heterocycles. The molecule has 5 rings (SSSR count). The minimum absolute atomic E-state index is 0.0704. The fraction of sp³-hybridized carbons (Fsp3) is 0.133. The second kappa shape index (κ2) is 10.8. The summed E-state index contributed by atoms with van der Waals surface area (Å²) in [6.07, 6.45) is 0. The third-order valence-electron chi connectivity index (χ3n) is 6.19. The van der Waals surface area contributed by atoms with Crippen molar-refractivity contribution < 1.29 is 14.3 Å². The molecule has 186 valence electrons. The van der Waals surface area contributed by atoms with Crippen LogP contribution in [0.25, 0.3) is 21.8 Å². The van der Waals surface area contributed by atoms with Gasteiger partial charge in [-0.2, -0.15) is 0 Å². The lowest BCUT2D eigenvalue weighted by molar-refractivity contribution is -0.113. The second-order valence-electron chi connectivity index (χ2n) is 8.54.